The molecule has 0 aromatic rings. The molecule has 0 aromatic heterocycles. The summed E-state index contributed by atoms with van der Waals surface area (Å²) < 4.78 is 42.9. The van der Waals surface area contributed by atoms with E-state index in [1.807, 2.05) is 0 Å². The summed E-state index contributed by atoms with van der Waals surface area (Å²) in [5.41, 5.74) is 0. The predicted octanol–water partition coefficient (Wildman–Crippen LogP) is 1.86. The Morgan fingerprint density at radius 2 is 2.06 bits per heavy atom. The molecule has 92 valence electrons. The first-order chi connectivity index (χ1) is 7.27. The molecule has 1 heterocycles. The van der Waals surface area contributed by atoms with Gasteiger partial charge in [0.1, 0.15) is 5.84 Å². The van der Waals surface area contributed by atoms with Gasteiger partial charge in [-0.25, -0.2) is 0 Å². The van der Waals surface area contributed by atoms with E-state index in [0.717, 1.165) is 4.90 Å². The Balaban J connectivity index is 2.90. The summed E-state index contributed by atoms with van der Waals surface area (Å²) in [7, 11) is 1.21. The van der Waals surface area contributed by atoms with Crippen molar-refractivity contribution in [1.82, 2.24) is 4.90 Å². The van der Waals surface area contributed by atoms with Crippen LogP contribution in [0.2, 0.25) is 0 Å². The predicted molar refractivity (Wildman–Crippen MR) is 52.8 cm³/mol. The van der Waals surface area contributed by atoms with Gasteiger partial charge < -0.3 is 9.64 Å². The Bertz CT molecular complexity index is 303. The van der Waals surface area contributed by atoms with Gasteiger partial charge in [0.25, 0.3) is 0 Å². The summed E-state index contributed by atoms with van der Waals surface area (Å²) in [6, 6.07) is 0. The first kappa shape index (κ1) is 13.0. The minimum absolute atomic E-state index is 0.000139. The molecule has 16 heavy (non-hydrogen) atoms. The largest absolute Gasteiger partial charge is 0.396 e. The summed E-state index contributed by atoms with van der Waals surface area (Å²) in [5.74, 6) is -1.69. The van der Waals surface area contributed by atoms with Gasteiger partial charge >= 0.3 is 6.18 Å². The van der Waals surface area contributed by atoms with Crippen LogP contribution in [-0.4, -0.2) is 42.5 Å². The SMILES string of the molecule is COC1CC(=N)N(C(C)=N)CC1C(F)(F)F. The second-order valence-corrected chi connectivity index (χ2v) is 3.77. The van der Waals surface area contributed by atoms with Crippen LogP contribution in [0.5, 0.6) is 0 Å². The van der Waals surface area contributed by atoms with Gasteiger partial charge in [-0.3, -0.25) is 10.8 Å². The minimum atomic E-state index is -4.37. The highest BCUT2D eigenvalue weighted by Gasteiger charge is 2.49. The maximum atomic E-state index is 12.7. The number of piperidine rings is 1. The Morgan fingerprint density at radius 1 is 1.50 bits per heavy atom. The fourth-order valence-electron chi connectivity index (χ4n) is 1.77. The molecular formula is C9H14F3N3O. The van der Waals surface area contributed by atoms with Crippen LogP contribution in [0.25, 0.3) is 0 Å². The number of methoxy groups -OCH3 is 1. The van der Waals surface area contributed by atoms with Crippen molar-refractivity contribution in [2.24, 2.45) is 5.92 Å². The zero-order valence-corrected chi connectivity index (χ0v) is 9.06. The average Bonchev–Trinajstić information content (AvgIpc) is 2.14. The monoisotopic (exact) mass is 237 g/mol. The molecule has 1 rings (SSSR count). The second-order valence-electron chi connectivity index (χ2n) is 3.77. The third-order valence-corrected chi connectivity index (χ3v) is 2.68. The Hall–Kier alpha value is -1.11. The first-order valence-electron chi connectivity index (χ1n) is 4.77. The topological polar surface area (TPSA) is 60.2 Å². The molecular weight excluding hydrogens is 223 g/mol. The lowest BCUT2D eigenvalue weighted by atomic mass is 9.93. The highest BCUT2D eigenvalue weighted by atomic mass is 19.4. The number of halogens is 3. The van der Waals surface area contributed by atoms with E-state index >= 15 is 0 Å². The van der Waals surface area contributed by atoms with Crippen molar-refractivity contribution in [2.45, 2.75) is 25.6 Å². The first-order valence-corrected chi connectivity index (χ1v) is 4.77. The van der Waals surface area contributed by atoms with E-state index in [1.165, 1.54) is 14.0 Å². The van der Waals surface area contributed by atoms with Crippen molar-refractivity contribution >= 4 is 11.7 Å². The number of hydrogen-bond donors (Lipinski definition) is 2. The van der Waals surface area contributed by atoms with Crippen LogP contribution in [0.1, 0.15) is 13.3 Å². The highest BCUT2D eigenvalue weighted by molar-refractivity contribution is 5.97. The van der Waals surface area contributed by atoms with Gasteiger partial charge in [-0.2, -0.15) is 13.2 Å². The zero-order chi connectivity index (χ0) is 12.5. The Labute approximate surface area is 91.4 Å². The van der Waals surface area contributed by atoms with E-state index in [-0.39, 0.29) is 18.1 Å². The summed E-state index contributed by atoms with van der Waals surface area (Å²) in [6.07, 6.45) is -5.51. The van der Waals surface area contributed by atoms with E-state index < -0.39 is 24.7 Å². The third-order valence-electron chi connectivity index (χ3n) is 2.68. The number of amidine groups is 2. The van der Waals surface area contributed by atoms with Crippen molar-refractivity contribution in [3.05, 3.63) is 0 Å². The minimum Gasteiger partial charge on any atom is -0.380 e. The normalized spacial score (nSPS) is 27.1. The molecule has 0 spiro atoms. The van der Waals surface area contributed by atoms with Crippen molar-refractivity contribution < 1.29 is 17.9 Å². The van der Waals surface area contributed by atoms with E-state index in [1.54, 1.807) is 0 Å². The zero-order valence-electron chi connectivity index (χ0n) is 9.06. The lowest BCUT2D eigenvalue weighted by Gasteiger charge is -2.39. The number of ether oxygens (including phenoxy) is 1. The molecule has 1 saturated heterocycles. The van der Waals surface area contributed by atoms with E-state index in [2.05, 4.69) is 0 Å². The number of alkyl halides is 3. The van der Waals surface area contributed by atoms with E-state index in [9.17, 15) is 13.2 Å². The molecule has 1 aliphatic heterocycles. The summed E-state index contributed by atoms with van der Waals surface area (Å²) in [4.78, 5) is 1.06. The van der Waals surface area contributed by atoms with Gasteiger partial charge in [-0.05, 0) is 6.92 Å². The van der Waals surface area contributed by atoms with Crippen LogP contribution in [0, 0.1) is 16.7 Å². The van der Waals surface area contributed by atoms with Gasteiger partial charge in [-0.1, -0.05) is 0 Å². The van der Waals surface area contributed by atoms with Gasteiger partial charge in [0.2, 0.25) is 0 Å². The molecule has 2 N–H and O–H groups in total. The van der Waals surface area contributed by atoms with E-state index in [0.29, 0.717) is 0 Å². The fourth-order valence-corrected chi connectivity index (χ4v) is 1.77. The van der Waals surface area contributed by atoms with Crippen LogP contribution in [-0.2, 0) is 4.74 Å². The quantitative estimate of drug-likeness (QED) is 0.540. The smallest absolute Gasteiger partial charge is 0.380 e. The van der Waals surface area contributed by atoms with Gasteiger partial charge in [0.15, 0.2) is 0 Å². The molecule has 0 aromatic carbocycles. The van der Waals surface area contributed by atoms with Crippen LogP contribution >= 0.6 is 0 Å². The van der Waals surface area contributed by atoms with Crippen molar-refractivity contribution in [3.8, 4) is 0 Å². The number of hydrogen-bond acceptors (Lipinski definition) is 3. The lowest BCUT2D eigenvalue weighted by molar-refractivity contribution is -0.206. The number of nitrogens with zero attached hydrogens (tertiary/aromatic N) is 1. The molecule has 4 nitrogen and oxygen atoms in total. The van der Waals surface area contributed by atoms with Crippen LogP contribution in [0.15, 0.2) is 0 Å². The number of likely N-dealkylation sites (tertiary alicyclic amines) is 1. The van der Waals surface area contributed by atoms with Crippen LogP contribution in [0.4, 0.5) is 13.2 Å². The molecule has 0 amide bonds. The molecule has 0 radical (unpaired) electrons. The maximum absolute atomic E-state index is 12.7. The standard InChI is InChI=1S/C9H14F3N3O/c1-5(13)15-4-6(9(10,11)12)7(16-2)3-8(15)14/h6-7,13-14H,3-4H2,1-2H3. The summed E-state index contributed by atoms with van der Waals surface area (Å²) >= 11 is 0. The van der Waals surface area contributed by atoms with E-state index in [4.69, 9.17) is 15.6 Å². The van der Waals surface area contributed by atoms with Crippen molar-refractivity contribution in [1.29, 1.82) is 10.8 Å². The van der Waals surface area contributed by atoms with Gasteiger partial charge in [0, 0.05) is 20.1 Å². The molecule has 7 heteroatoms. The average molecular weight is 237 g/mol. The molecule has 0 aliphatic carbocycles. The lowest BCUT2D eigenvalue weighted by Crippen LogP contribution is -2.53. The summed E-state index contributed by atoms with van der Waals surface area (Å²) in [6.45, 7) is 0.964. The van der Waals surface area contributed by atoms with Crippen LogP contribution < -0.4 is 0 Å². The van der Waals surface area contributed by atoms with Gasteiger partial charge in [-0.15, -0.1) is 0 Å². The van der Waals surface area contributed by atoms with Crippen molar-refractivity contribution in [3.63, 3.8) is 0 Å². The molecule has 0 saturated carbocycles. The van der Waals surface area contributed by atoms with Gasteiger partial charge in [0.05, 0.1) is 17.9 Å². The molecule has 2 unspecified atom stereocenters. The maximum Gasteiger partial charge on any atom is 0.396 e. The number of rotatable bonds is 1. The highest BCUT2D eigenvalue weighted by Crippen LogP contribution is 2.35. The van der Waals surface area contributed by atoms with Crippen molar-refractivity contribution in [2.75, 3.05) is 13.7 Å². The summed E-state index contributed by atoms with van der Waals surface area (Å²) in [5, 5.41) is 14.9. The second kappa shape index (κ2) is 4.40. The Morgan fingerprint density at radius 3 is 2.44 bits per heavy atom. The fraction of sp³-hybridized carbons (Fsp3) is 0.778. The molecule has 2 atom stereocenters. The third kappa shape index (κ3) is 2.52. The molecule has 1 aliphatic rings. The molecule has 1 fully saturated rings. The molecule has 0 bridgehead atoms. The Kier molecular flexibility index (Phi) is 3.57. The van der Waals surface area contributed by atoms with Crippen LogP contribution in [0.3, 0.4) is 0 Å². The number of nitrogens with one attached hydrogen (secondary N) is 2.